The smallest absolute Gasteiger partial charge is 0.251 e. The lowest BCUT2D eigenvalue weighted by Crippen LogP contribution is -2.23. The third-order valence-electron chi connectivity index (χ3n) is 3.81. The summed E-state index contributed by atoms with van der Waals surface area (Å²) in [5.41, 5.74) is 2.44. The molecule has 0 amide bonds. The summed E-state index contributed by atoms with van der Waals surface area (Å²) in [5, 5.41) is 19.9. The van der Waals surface area contributed by atoms with Crippen LogP contribution in [0.5, 0.6) is 0 Å². The Morgan fingerprint density at radius 2 is 2.28 bits per heavy atom. The van der Waals surface area contributed by atoms with Crippen LogP contribution >= 0.6 is 23.1 Å². The van der Waals surface area contributed by atoms with Gasteiger partial charge in [-0.05, 0) is 49.4 Å². The van der Waals surface area contributed by atoms with Crippen molar-refractivity contribution >= 4 is 23.1 Å². The summed E-state index contributed by atoms with van der Waals surface area (Å²) in [4.78, 5) is 10.0. The summed E-state index contributed by atoms with van der Waals surface area (Å²) in [6.45, 7) is 2.67. The van der Waals surface area contributed by atoms with Crippen LogP contribution in [-0.4, -0.2) is 43.4 Å². The molecule has 0 fully saturated rings. The summed E-state index contributed by atoms with van der Waals surface area (Å²) in [7, 11) is 0. The van der Waals surface area contributed by atoms with E-state index in [0.717, 1.165) is 40.5 Å². The van der Waals surface area contributed by atoms with Crippen molar-refractivity contribution in [3.8, 4) is 16.5 Å². The van der Waals surface area contributed by atoms with Gasteiger partial charge in [-0.1, -0.05) is 6.07 Å². The molecule has 2 N–H and O–H groups in total. The molecule has 1 atom stereocenters. The molecule has 0 spiro atoms. The van der Waals surface area contributed by atoms with Crippen molar-refractivity contribution in [1.82, 2.24) is 25.1 Å². The first-order valence-corrected chi connectivity index (χ1v) is 10.3. The number of aliphatic hydroxyl groups is 1. The monoisotopic (exact) mass is 375 g/mol. The number of thiophene rings is 1. The van der Waals surface area contributed by atoms with Crippen molar-refractivity contribution in [3.63, 3.8) is 0 Å². The summed E-state index contributed by atoms with van der Waals surface area (Å²) < 4.78 is 1.67. The standard InChI is InChI=1S/C17H21N5OS2/c1-12-13(16(23)18-7-4-9-24-2)11-20-22(12)17-19-8-6-14(21-17)15-5-3-10-25-15/h3,5-6,8,10-11,16,18,23H,4,7,9H2,1-2H3. The lowest BCUT2D eigenvalue weighted by atomic mass is 10.2. The highest BCUT2D eigenvalue weighted by atomic mass is 32.2. The van der Waals surface area contributed by atoms with Gasteiger partial charge in [0.1, 0.15) is 6.23 Å². The molecule has 0 aliphatic heterocycles. The maximum atomic E-state index is 10.4. The quantitative estimate of drug-likeness (QED) is 0.466. The summed E-state index contributed by atoms with van der Waals surface area (Å²) in [6.07, 6.45) is 5.75. The molecule has 25 heavy (non-hydrogen) atoms. The number of thioether (sulfide) groups is 1. The van der Waals surface area contributed by atoms with Gasteiger partial charge in [-0.3, -0.25) is 5.32 Å². The van der Waals surface area contributed by atoms with Crippen molar-refractivity contribution in [1.29, 1.82) is 0 Å². The van der Waals surface area contributed by atoms with Gasteiger partial charge in [0.2, 0.25) is 0 Å². The number of hydrogen-bond donors (Lipinski definition) is 2. The second-order valence-electron chi connectivity index (χ2n) is 5.52. The topological polar surface area (TPSA) is 75.9 Å². The minimum atomic E-state index is -0.740. The fourth-order valence-electron chi connectivity index (χ4n) is 2.47. The molecule has 0 aromatic carbocycles. The number of aromatic nitrogens is 4. The van der Waals surface area contributed by atoms with Crippen molar-refractivity contribution < 1.29 is 5.11 Å². The molecule has 6 nitrogen and oxygen atoms in total. The van der Waals surface area contributed by atoms with E-state index >= 15 is 0 Å². The molecule has 3 heterocycles. The van der Waals surface area contributed by atoms with Gasteiger partial charge in [-0.15, -0.1) is 11.3 Å². The third kappa shape index (κ3) is 4.27. The van der Waals surface area contributed by atoms with Crippen LogP contribution in [0.3, 0.4) is 0 Å². The zero-order chi connectivity index (χ0) is 17.6. The maximum absolute atomic E-state index is 10.4. The largest absolute Gasteiger partial charge is 0.374 e. The highest BCUT2D eigenvalue weighted by Gasteiger charge is 2.17. The number of nitrogens with one attached hydrogen (secondary N) is 1. The molecule has 3 rings (SSSR count). The fraction of sp³-hybridized carbons (Fsp3) is 0.353. The molecule has 3 aromatic rings. The molecule has 0 radical (unpaired) electrons. The van der Waals surface area contributed by atoms with Crippen LogP contribution in [-0.2, 0) is 0 Å². The molecule has 0 aliphatic carbocycles. The second-order valence-corrected chi connectivity index (χ2v) is 7.45. The Bertz CT molecular complexity index is 803. The second kappa shape index (κ2) is 8.57. The fourth-order valence-corrected chi connectivity index (χ4v) is 3.60. The van der Waals surface area contributed by atoms with E-state index in [1.807, 2.05) is 30.5 Å². The molecule has 0 saturated carbocycles. The van der Waals surface area contributed by atoms with Crippen molar-refractivity contribution in [3.05, 3.63) is 47.2 Å². The SMILES string of the molecule is CSCCCNC(O)c1cnn(-c2nccc(-c3cccs3)n2)c1C. The zero-order valence-corrected chi connectivity index (χ0v) is 15.8. The van der Waals surface area contributed by atoms with E-state index in [1.165, 1.54) is 0 Å². The van der Waals surface area contributed by atoms with Crippen LogP contribution in [0.4, 0.5) is 0 Å². The van der Waals surface area contributed by atoms with Crippen molar-refractivity contribution in [2.24, 2.45) is 0 Å². The molecule has 132 valence electrons. The van der Waals surface area contributed by atoms with Crippen molar-refractivity contribution in [2.45, 2.75) is 19.6 Å². The Balaban J connectivity index is 1.78. The van der Waals surface area contributed by atoms with Crippen LogP contribution in [0.15, 0.2) is 36.0 Å². The Kier molecular flexibility index (Phi) is 6.19. The van der Waals surface area contributed by atoms with Gasteiger partial charge in [-0.2, -0.15) is 16.9 Å². The van der Waals surface area contributed by atoms with Gasteiger partial charge in [0.15, 0.2) is 0 Å². The molecule has 1 unspecified atom stereocenters. The highest BCUT2D eigenvalue weighted by Crippen LogP contribution is 2.23. The molecular weight excluding hydrogens is 354 g/mol. The van der Waals surface area contributed by atoms with E-state index in [-0.39, 0.29) is 0 Å². The molecule has 8 heteroatoms. The lowest BCUT2D eigenvalue weighted by Gasteiger charge is -2.12. The maximum Gasteiger partial charge on any atom is 0.251 e. The van der Waals surface area contributed by atoms with E-state index in [4.69, 9.17) is 0 Å². The number of nitrogens with zero attached hydrogens (tertiary/aromatic N) is 4. The highest BCUT2D eigenvalue weighted by molar-refractivity contribution is 7.98. The van der Waals surface area contributed by atoms with E-state index < -0.39 is 6.23 Å². The normalized spacial score (nSPS) is 12.4. The Hall–Kier alpha value is -1.74. The van der Waals surface area contributed by atoms with Crippen LogP contribution in [0, 0.1) is 6.92 Å². The van der Waals surface area contributed by atoms with Gasteiger partial charge in [0.25, 0.3) is 5.95 Å². The predicted octanol–water partition coefficient (Wildman–Crippen LogP) is 3.03. The Morgan fingerprint density at radius 3 is 3.04 bits per heavy atom. The molecule has 0 aliphatic rings. The Labute approximate surface area is 155 Å². The average molecular weight is 376 g/mol. The number of rotatable bonds is 8. The molecule has 0 saturated heterocycles. The number of hydrogen-bond acceptors (Lipinski definition) is 7. The molecule has 0 bridgehead atoms. The summed E-state index contributed by atoms with van der Waals surface area (Å²) in [6, 6.07) is 5.91. The molecular formula is C17H21N5OS2. The van der Waals surface area contributed by atoms with E-state index in [0.29, 0.717) is 5.95 Å². The Morgan fingerprint density at radius 1 is 1.40 bits per heavy atom. The van der Waals surface area contributed by atoms with Crippen molar-refractivity contribution in [2.75, 3.05) is 18.6 Å². The van der Waals surface area contributed by atoms with Gasteiger partial charge >= 0.3 is 0 Å². The van der Waals surface area contributed by atoms with Gasteiger partial charge in [0, 0.05) is 11.8 Å². The van der Waals surface area contributed by atoms with E-state index in [1.54, 1.807) is 40.2 Å². The van der Waals surface area contributed by atoms with Gasteiger partial charge in [0.05, 0.1) is 22.5 Å². The van der Waals surface area contributed by atoms with E-state index in [9.17, 15) is 5.11 Å². The van der Waals surface area contributed by atoms with Gasteiger partial charge < -0.3 is 5.11 Å². The third-order valence-corrected chi connectivity index (χ3v) is 5.40. The number of aliphatic hydroxyl groups excluding tert-OH is 1. The molecule has 3 aromatic heterocycles. The van der Waals surface area contributed by atoms with Crippen LogP contribution in [0.25, 0.3) is 16.5 Å². The minimum absolute atomic E-state index is 0.504. The summed E-state index contributed by atoms with van der Waals surface area (Å²) >= 11 is 3.44. The summed E-state index contributed by atoms with van der Waals surface area (Å²) in [5.74, 6) is 1.57. The van der Waals surface area contributed by atoms with Gasteiger partial charge in [-0.25, -0.2) is 14.6 Å². The first-order valence-electron chi connectivity index (χ1n) is 8.03. The lowest BCUT2D eigenvalue weighted by molar-refractivity contribution is 0.139. The average Bonchev–Trinajstić information content (AvgIpc) is 3.28. The van der Waals surface area contributed by atoms with Crippen LogP contribution < -0.4 is 5.32 Å². The predicted molar refractivity (Wildman–Crippen MR) is 103 cm³/mol. The first kappa shape index (κ1) is 18.1. The van der Waals surface area contributed by atoms with E-state index in [2.05, 4.69) is 26.6 Å². The minimum Gasteiger partial charge on any atom is -0.374 e. The first-order chi connectivity index (χ1) is 12.2. The zero-order valence-electron chi connectivity index (χ0n) is 14.2. The van der Waals surface area contributed by atoms with Crippen LogP contribution in [0.1, 0.15) is 23.9 Å². The van der Waals surface area contributed by atoms with Crippen LogP contribution in [0.2, 0.25) is 0 Å².